The van der Waals surface area contributed by atoms with Crippen molar-refractivity contribution in [2.45, 2.75) is 12.5 Å². The van der Waals surface area contributed by atoms with Gasteiger partial charge in [-0.25, -0.2) is 9.37 Å². The van der Waals surface area contributed by atoms with Crippen molar-refractivity contribution >= 4 is 17.2 Å². The average Bonchev–Trinajstić information content (AvgIpc) is 3.22. The molecule has 0 aliphatic rings. The summed E-state index contributed by atoms with van der Waals surface area (Å²) in [6, 6.07) is 25.8. The van der Waals surface area contributed by atoms with Gasteiger partial charge < -0.3 is 5.32 Å². The summed E-state index contributed by atoms with van der Waals surface area (Å²) in [5, 5.41) is 5.78. The van der Waals surface area contributed by atoms with Crippen LogP contribution in [0.25, 0.3) is 10.6 Å². The third kappa shape index (κ3) is 4.76. The Morgan fingerprint density at radius 1 is 0.897 bits per heavy atom. The number of carbonyl (C=O) groups is 1. The summed E-state index contributed by atoms with van der Waals surface area (Å²) < 4.78 is 13.1. The van der Waals surface area contributed by atoms with Crippen LogP contribution < -0.4 is 5.32 Å². The molecular weight excluding hydrogens is 383 g/mol. The van der Waals surface area contributed by atoms with Crippen LogP contribution in [-0.2, 0) is 11.2 Å². The number of hydrogen-bond acceptors (Lipinski definition) is 3. The van der Waals surface area contributed by atoms with Crippen molar-refractivity contribution in [3.05, 3.63) is 113 Å². The number of nitrogens with one attached hydrogen (secondary N) is 1. The lowest BCUT2D eigenvalue weighted by Gasteiger charge is -2.19. The molecule has 0 saturated carbocycles. The van der Waals surface area contributed by atoms with E-state index in [4.69, 9.17) is 0 Å². The second kappa shape index (κ2) is 8.80. The van der Waals surface area contributed by atoms with Gasteiger partial charge in [0.25, 0.3) is 0 Å². The molecule has 0 aliphatic carbocycles. The summed E-state index contributed by atoms with van der Waals surface area (Å²) in [7, 11) is 0. The van der Waals surface area contributed by atoms with Crippen LogP contribution in [0.15, 0.2) is 90.3 Å². The van der Waals surface area contributed by atoms with Gasteiger partial charge in [-0.05, 0) is 35.4 Å². The SMILES string of the molecule is O=C(Cc1csc(-c2ccc(F)cc2)n1)NC(c1ccccc1)c1ccccc1. The molecule has 3 aromatic carbocycles. The van der Waals surface area contributed by atoms with E-state index in [1.165, 1.54) is 23.5 Å². The molecular formula is C24H19FN2OS. The quantitative estimate of drug-likeness (QED) is 0.469. The fourth-order valence-electron chi connectivity index (χ4n) is 3.14. The molecule has 4 aromatic rings. The Hall–Kier alpha value is -3.31. The maximum atomic E-state index is 13.1. The Kier molecular flexibility index (Phi) is 5.77. The molecule has 5 heteroatoms. The molecule has 1 N–H and O–H groups in total. The van der Waals surface area contributed by atoms with Gasteiger partial charge in [0.1, 0.15) is 10.8 Å². The highest BCUT2D eigenvalue weighted by atomic mass is 32.1. The normalized spacial score (nSPS) is 10.8. The van der Waals surface area contributed by atoms with Gasteiger partial charge in [0.15, 0.2) is 0 Å². The maximum Gasteiger partial charge on any atom is 0.226 e. The van der Waals surface area contributed by atoms with Crippen LogP contribution in [0.4, 0.5) is 4.39 Å². The molecule has 0 radical (unpaired) electrons. The first kappa shape index (κ1) is 19.0. The number of thiazole rings is 1. The van der Waals surface area contributed by atoms with Crippen LogP contribution in [0.3, 0.4) is 0 Å². The number of halogens is 1. The molecule has 0 saturated heterocycles. The van der Waals surface area contributed by atoms with Crippen LogP contribution >= 0.6 is 11.3 Å². The summed E-state index contributed by atoms with van der Waals surface area (Å²) in [5.74, 6) is -0.378. The molecule has 0 aliphatic heterocycles. The van der Waals surface area contributed by atoms with Gasteiger partial charge in [0.05, 0.1) is 18.2 Å². The molecule has 1 amide bonds. The lowest BCUT2D eigenvalue weighted by Crippen LogP contribution is -2.30. The minimum absolute atomic E-state index is 0.0985. The zero-order chi connectivity index (χ0) is 20.1. The topological polar surface area (TPSA) is 42.0 Å². The highest BCUT2D eigenvalue weighted by molar-refractivity contribution is 7.13. The van der Waals surface area contributed by atoms with E-state index in [2.05, 4.69) is 10.3 Å². The van der Waals surface area contributed by atoms with Crippen molar-refractivity contribution in [3.8, 4) is 10.6 Å². The van der Waals surface area contributed by atoms with E-state index < -0.39 is 0 Å². The minimum atomic E-state index is -0.280. The Bertz CT molecular complexity index is 1040. The summed E-state index contributed by atoms with van der Waals surface area (Å²) in [6.07, 6.45) is 0.188. The van der Waals surface area contributed by atoms with Crippen molar-refractivity contribution < 1.29 is 9.18 Å². The molecule has 3 nitrogen and oxygen atoms in total. The van der Waals surface area contributed by atoms with E-state index in [-0.39, 0.29) is 24.2 Å². The lowest BCUT2D eigenvalue weighted by atomic mass is 9.98. The van der Waals surface area contributed by atoms with Gasteiger partial charge in [-0.3, -0.25) is 4.79 Å². The average molecular weight is 402 g/mol. The monoisotopic (exact) mass is 402 g/mol. The number of benzene rings is 3. The van der Waals surface area contributed by atoms with Gasteiger partial charge in [0, 0.05) is 10.9 Å². The van der Waals surface area contributed by atoms with E-state index in [1.807, 2.05) is 66.0 Å². The number of nitrogens with zero attached hydrogens (tertiary/aromatic N) is 1. The number of aromatic nitrogens is 1. The number of rotatable bonds is 6. The van der Waals surface area contributed by atoms with E-state index >= 15 is 0 Å². The highest BCUT2D eigenvalue weighted by Gasteiger charge is 2.17. The maximum absolute atomic E-state index is 13.1. The van der Waals surface area contributed by atoms with Crippen LogP contribution in [0.1, 0.15) is 22.9 Å². The first-order chi connectivity index (χ1) is 14.2. The molecule has 144 valence electrons. The van der Waals surface area contributed by atoms with Gasteiger partial charge in [-0.2, -0.15) is 0 Å². The molecule has 29 heavy (non-hydrogen) atoms. The van der Waals surface area contributed by atoms with E-state index in [0.29, 0.717) is 5.69 Å². The summed E-state index contributed by atoms with van der Waals surface area (Å²) in [6.45, 7) is 0. The highest BCUT2D eigenvalue weighted by Crippen LogP contribution is 2.25. The smallest absolute Gasteiger partial charge is 0.226 e. The molecule has 0 atom stereocenters. The zero-order valence-corrected chi connectivity index (χ0v) is 16.4. The Balaban J connectivity index is 1.49. The van der Waals surface area contributed by atoms with E-state index in [0.717, 1.165) is 21.7 Å². The molecule has 0 unspecified atom stereocenters. The molecule has 1 aromatic heterocycles. The van der Waals surface area contributed by atoms with Crippen molar-refractivity contribution in [1.29, 1.82) is 0 Å². The predicted octanol–water partition coefficient (Wildman–Crippen LogP) is 5.40. The third-order valence-electron chi connectivity index (χ3n) is 4.56. The first-order valence-corrected chi connectivity index (χ1v) is 10.2. The largest absolute Gasteiger partial charge is 0.345 e. The zero-order valence-electron chi connectivity index (χ0n) is 15.6. The van der Waals surface area contributed by atoms with Crippen LogP contribution in [0, 0.1) is 5.82 Å². The molecule has 4 rings (SSSR count). The van der Waals surface area contributed by atoms with Crippen molar-refractivity contribution in [2.24, 2.45) is 0 Å². The van der Waals surface area contributed by atoms with Gasteiger partial charge in [0.2, 0.25) is 5.91 Å². The Labute approximate surface area is 172 Å². The van der Waals surface area contributed by atoms with E-state index in [1.54, 1.807) is 12.1 Å². The van der Waals surface area contributed by atoms with Crippen LogP contribution in [0.2, 0.25) is 0 Å². The van der Waals surface area contributed by atoms with Crippen LogP contribution in [-0.4, -0.2) is 10.9 Å². The fraction of sp³-hybridized carbons (Fsp3) is 0.0833. The Morgan fingerprint density at radius 2 is 1.48 bits per heavy atom. The number of amides is 1. The minimum Gasteiger partial charge on any atom is -0.345 e. The molecule has 0 bridgehead atoms. The van der Waals surface area contributed by atoms with E-state index in [9.17, 15) is 9.18 Å². The molecule has 0 spiro atoms. The molecule has 0 fully saturated rings. The van der Waals surface area contributed by atoms with Crippen molar-refractivity contribution in [2.75, 3.05) is 0 Å². The Morgan fingerprint density at radius 3 is 2.07 bits per heavy atom. The van der Waals surface area contributed by atoms with Crippen LogP contribution in [0.5, 0.6) is 0 Å². The summed E-state index contributed by atoms with van der Waals surface area (Å²) in [5.41, 5.74) is 3.59. The summed E-state index contributed by atoms with van der Waals surface area (Å²) in [4.78, 5) is 17.3. The second-order valence-electron chi connectivity index (χ2n) is 6.65. The van der Waals surface area contributed by atoms with Gasteiger partial charge >= 0.3 is 0 Å². The summed E-state index contributed by atoms with van der Waals surface area (Å²) >= 11 is 1.45. The van der Waals surface area contributed by atoms with Crippen molar-refractivity contribution in [1.82, 2.24) is 10.3 Å². The number of hydrogen-bond donors (Lipinski definition) is 1. The second-order valence-corrected chi connectivity index (χ2v) is 7.51. The number of carbonyl (C=O) groups excluding carboxylic acids is 1. The first-order valence-electron chi connectivity index (χ1n) is 9.28. The lowest BCUT2D eigenvalue weighted by molar-refractivity contribution is -0.121. The predicted molar refractivity (Wildman–Crippen MR) is 114 cm³/mol. The van der Waals surface area contributed by atoms with Gasteiger partial charge in [-0.1, -0.05) is 60.7 Å². The fourth-order valence-corrected chi connectivity index (χ4v) is 3.97. The molecule has 1 heterocycles. The third-order valence-corrected chi connectivity index (χ3v) is 5.50. The standard InChI is InChI=1S/C24H19FN2OS/c25-20-13-11-19(12-14-20)24-26-21(16-29-24)15-22(28)27-23(17-7-3-1-4-8-17)18-9-5-2-6-10-18/h1-14,16,23H,15H2,(H,27,28). The van der Waals surface area contributed by atoms with Crippen molar-refractivity contribution in [3.63, 3.8) is 0 Å². The van der Waals surface area contributed by atoms with Gasteiger partial charge in [-0.15, -0.1) is 11.3 Å².